The van der Waals surface area contributed by atoms with Crippen LogP contribution in [0.3, 0.4) is 0 Å². The van der Waals surface area contributed by atoms with Crippen LogP contribution >= 0.6 is 15.9 Å². The van der Waals surface area contributed by atoms with E-state index in [1.165, 1.54) is 17.7 Å². The van der Waals surface area contributed by atoms with E-state index >= 15 is 0 Å². The molecule has 1 N–H and O–H groups in total. The van der Waals surface area contributed by atoms with Gasteiger partial charge in [0.05, 0.1) is 11.3 Å². The molecule has 1 aliphatic heterocycles. The van der Waals surface area contributed by atoms with Gasteiger partial charge in [0.2, 0.25) is 0 Å². The molecule has 0 saturated carbocycles. The van der Waals surface area contributed by atoms with Gasteiger partial charge in [0, 0.05) is 30.7 Å². The first-order valence-electron chi connectivity index (χ1n) is 7.26. The normalized spacial score (nSPS) is 24.8. The van der Waals surface area contributed by atoms with Gasteiger partial charge in [0.25, 0.3) is 0 Å². The minimum atomic E-state index is -0.0331. The maximum atomic E-state index is 5.68. The summed E-state index contributed by atoms with van der Waals surface area (Å²) in [4.78, 5) is 2.42. The Morgan fingerprint density at radius 2 is 2.20 bits per heavy atom. The molecule has 1 fully saturated rings. The highest BCUT2D eigenvalue weighted by atomic mass is 79.9. The number of anilines is 1. The Hall–Kier alpha value is -0.580. The highest BCUT2D eigenvalue weighted by molar-refractivity contribution is 9.10. The number of hydrogen-bond acceptors (Lipinski definition) is 3. The fraction of sp³-hybridized carbons (Fsp3) is 0.625. The van der Waals surface area contributed by atoms with Crippen molar-refractivity contribution in [2.24, 2.45) is 0 Å². The summed E-state index contributed by atoms with van der Waals surface area (Å²) in [5, 5.41) is 3.28. The minimum Gasteiger partial charge on any atom is -0.377 e. The van der Waals surface area contributed by atoms with Crippen molar-refractivity contribution in [1.29, 1.82) is 0 Å². The summed E-state index contributed by atoms with van der Waals surface area (Å²) in [5.74, 6) is 0. The van der Waals surface area contributed by atoms with Crippen molar-refractivity contribution in [1.82, 2.24) is 5.32 Å². The Morgan fingerprint density at radius 3 is 2.80 bits per heavy atom. The number of nitrogens with zero attached hydrogens (tertiary/aromatic N) is 1. The number of hydrogen-bond donors (Lipinski definition) is 1. The van der Waals surface area contributed by atoms with E-state index in [4.69, 9.17) is 4.74 Å². The molecule has 1 aromatic carbocycles. The van der Waals surface area contributed by atoms with Crippen LogP contribution in [0.15, 0.2) is 22.7 Å². The molecule has 2 rings (SSSR count). The predicted octanol–water partition coefficient (Wildman–Crippen LogP) is 3.73. The number of methoxy groups -OCH3 is 1. The first-order chi connectivity index (χ1) is 9.49. The second kappa shape index (κ2) is 6.46. The van der Waals surface area contributed by atoms with Crippen molar-refractivity contribution in [2.45, 2.75) is 38.3 Å². The summed E-state index contributed by atoms with van der Waals surface area (Å²) in [6.45, 7) is 6.41. The van der Waals surface area contributed by atoms with E-state index in [9.17, 15) is 0 Å². The molecule has 20 heavy (non-hydrogen) atoms. The van der Waals surface area contributed by atoms with Gasteiger partial charge in [0.15, 0.2) is 0 Å². The van der Waals surface area contributed by atoms with Gasteiger partial charge in [0.1, 0.15) is 0 Å². The van der Waals surface area contributed by atoms with Crippen molar-refractivity contribution >= 4 is 21.6 Å². The molecule has 0 aliphatic carbocycles. The Morgan fingerprint density at radius 1 is 1.45 bits per heavy atom. The summed E-state index contributed by atoms with van der Waals surface area (Å²) in [6, 6.07) is 7.01. The topological polar surface area (TPSA) is 24.5 Å². The van der Waals surface area contributed by atoms with Crippen LogP contribution in [0.2, 0.25) is 0 Å². The molecule has 0 radical (unpaired) electrons. The Balaban J connectivity index is 2.20. The molecule has 1 aromatic rings. The summed E-state index contributed by atoms with van der Waals surface area (Å²) in [7, 11) is 3.80. The lowest BCUT2D eigenvalue weighted by Gasteiger charge is -2.41. The van der Waals surface area contributed by atoms with E-state index in [0.29, 0.717) is 6.04 Å². The molecule has 1 saturated heterocycles. The zero-order valence-electron chi connectivity index (χ0n) is 12.9. The van der Waals surface area contributed by atoms with Gasteiger partial charge in [-0.3, -0.25) is 0 Å². The van der Waals surface area contributed by atoms with E-state index in [1.807, 2.05) is 14.2 Å². The summed E-state index contributed by atoms with van der Waals surface area (Å²) in [5.41, 5.74) is 2.53. The van der Waals surface area contributed by atoms with Crippen molar-refractivity contribution in [3.05, 3.63) is 28.2 Å². The summed E-state index contributed by atoms with van der Waals surface area (Å²) < 4.78 is 6.85. The number of benzene rings is 1. The number of halogens is 1. The molecular weight excluding hydrogens is 316 g/mol. The van der Waals surface area contributed by atoms with Crippen molar-refractivity contribution in [3.63, 3.8) is 0 Å². The van der Waals surface area contributed by atoms with Crippen LogP contribution in [0.5, 0.6) is 0 Å². The van der Waals surface area contributed by atoms with Gasteiger partial charge < -0.3 is 15.0 Å². The quantitative estimate of drug-likeness (QED) is 0.903. The maximum absolute atomic E-state index is 5.68. The number of nitrogens with one attached hydrogen (secondary N) is 1. The lowest BCUT2D eigenvalue weighted by atomic mass is 9.94. The number of ether oxygens (including phenoxy) is 1. The monoisotopic (exact) mass is 340 g/mol. The van der Waals surface area contributed by atoms with Crippen molar-refractivity contribution in [2.75, 3.05) is 32.1 Å². The number of rotatable bonds is 4. The molecule has 0 amide bonds. The molecule has 112 valence electrons. The average Bonchev–Trinajstić information content (AvgIpc) is 2.46. The molecule has 1 aliphatic rings. The highest BCUT2D eigenvalue weighted by Crippen LogP contribution is 2.34. The van der Waals surface area contributed by atoms with Crippen molar-refractivity contribution < 1.29 is 4.74 Å². The van der Waals surface area contributed by atoms with Gasteiger partial charge in [-0.25, -0.2) is 0 Å². The van der Waals surface area contributed by atoms with Crippen LogP contribution in [0.4, 0.5) is 5.69 Å². The summed E-state index contributed by atoms with van der Waals surface area (Å²) >= 11 is 3.73. The number of piperidine rings is 1. The van der Waals surface area contributed by atoms with E-state index in [0.717, 1.165) is 24.0 Å². The Labute approximate surface area is 130 Å². The average molecular weight is 341 g/mol. The first kappa shape index (κ1) is 15.8. The fourth-order valence-electron chi connectivity index (χ4n) is 2.79. The smallest absolute Gasteiger partial charge is 0.0825 e. The highest BCUT2D eigenvalue weighted by Gasteiger charge is 2.31. The molecule has 1 heterocycles. The zero-order valence-corrected chi connectivity index (χ0v) is 14.5. The molecule has 2 atom stereocenters. The van der Waals surface area contributed by atoms with Gasteiger partial charge in [-0.1, -0.05) is 6.07 Å². The Bertz CT molecular complexity index is 466. The second-order valence-electron chi connectivity index (χ2n) is 5.90. The molecule has 0 bridgehead atoms. The third-order valence-electron chi connectivity index (χ3n) is 4.40. The van der Waals surface area contributed by atoms with Gasteiger partial charge in [-0.15, -0.1) is 0 Å². The second-order valence-corrected chi connectivity index (χ2v) is 6.75. The van der Waals surface area contributed by atoms with Gasteiger partial charge in [-0.05, 0) is 67.4 Å². The summed E-state index contributed by atoms with van der Waals surface area (Å²) in [6.07, 6.45) is 2.30. The minimum absolute atomic E-state index is 0.0331. The third kappa shape index (κ3) is 3.35. The molecule has 4 heteroatoms. The van der Waals surface area contributed by atoms with Crippen molar-refractivity contribution in [3.8, 4) is 0 Å². The van der Waals surface area contributed by atoms with Crippen LogP contribution in [0.1, 0.15) is 38.3 Å². The van der Waals surface area contributed by atoms with Gasteiger partial charge >= 0.3 is 0 Å². The molecule has 0 aromatic heterocycles. The van der Waals surface area contributed by atoms with Crippen LogP contribution in [-0.4, -0.2) is 32.8 Å². The Kier molecular flexibility index (Phi) is 5.10. The third-order valence-corrected chi connectivity index (χ3v) is 5.03. The maximum Gasteiger partial charge on any atom is 0.0825 e. The van der Waals surface area contributed by atoms with E-state index < -0.39 is 0 Å². The van der Waals surface area contributed by atoms with E-state index in [-0.39, 0.29) is 5.60 Å². The van der Waals surface area contributed by atoms with Crippen LogP contribution in [-0.2, 0) is 4.74 Å². The lowest BCUT2D eigenvalue weighted by Crippen LogP contribution is -2.47. The van der Waals surface area contributed by atoms with E-state index in [2.05, 4.69) is 58.2 Å². The van der Waals surface area contributed by atoms with Crippen LogP contribution in [0, 0.1) is 0 Å². The predicted molar refractivity (Wildman–Crippen MR) is 88.5 cm³/mol. The molecule has 3 nitrogen and oxygen atoms in total. The molecular formula is C16H25BrN2O. The first-order valence-corrected chi connectivity index (χ1v) is 8.05. The molecule has 0 spiro atoms. The van der Waals surface area contributed by atoms with Crippen LogP contribution < -0.4 is 10.2 Å². The SMILES string of the molecule is CNC(C)c1ccc(N2CCCC(C)(OC)C2)c(Br)c1. The molecule has 2 unspecified atom stereocenters. The standard InChI is InChI=1S/C16H25BrN2O/c1-12(18-3)13-6-7-15(14(17)10-13)19-9-5-8-16(2,11-19)20-4/h6-7,10,12,18H,5,8-9,11H2,1-4H3. The zero-order chi connectivity index (χ0) is 14.8. The van der Waals surface area contributed by atoms with E-state index in [1.54, 1.807) is 0 Å². The van der Waals surface area contributed by atoms with Gasteiger partial charge in [-0.2, -0.15) is 0 Å². The largest absolute Gasteiger partial charge is 0.377 e. The van der Waals surface area contributed by atoms with Crippen LogP contribution in [0.25, 0.3) is 0 Å². The fourth-order valence-corrected chi connectivity index (χ4v) is 3.44. The lowest BCUT2D eigenvalue weighted by molar-refractivity contribution is -0.00467.